The molecule has 0 spiro atoms. The Morgan fingerprint density at radius 3 is 2.58 bits per heavy atom. The smallest absolute Gasteiger partial charge is 0.323 e. The van der Waals surface area contributed by atoms with Crippen molar-refractivity contribution in [1.29, 1.82) is 0 Å². The highest BCUT2D eigenvalue weighted by Crippen LogP contribution is 2.30. The van der Waals surface area contributed by atoms with Crippen LogP contribution in [0.2, 0.25) is 0 Å². The first-order chi connectivity index (χ1) is 21.7. The van der Waals surface area contributed by atoms with Crippen molar-refractivity contribution in [3.63, 3.8) is 0 Å². The maximum atomic E-state index is 13.6. The van der Waals surface area contributed by atoms with Gasteiger partial charge < -0.3 is 35.6 Å². The molecule has 5 amide bonds. The number of benzene rings is 3. The third-order valence-corrected chi connectivity index (χ3v) is 8.95. The number of aliphatic hydroxyl groups is 1. The van der Waals surface area contributed by atoms with Gasteiger partial charge in [0.2, 0.25) is 5.91 Å². The third-order valence-electron chi connectivity index (χ3n) is 8.95. The number of amides is 5. The van der Waals surface area contributed by atoms with Crippen molar-refractivity contribution >= 4 is 40.1 Å². The number of urea groups is 2. The number of nitrogens with zero attached hydrogens (tertiary/aromatic N) is 2. The normalized spacial score (nSPS) is 19.7. The van der Waals surface area contributed by atoms with Crippen LogP contribution >= 0.6 is 0 Å². The predicted octanol–water partition coefficient (Wildman–Crippen LogP) is 5.61. The van der Waals surface area contributed by atoms with Gasteiger partial charge in [-0.05, 0) is 49.4 Å². The lowest BCUT2D eigenvalue weighted by Crippen LogP contribution is -2.50. The SMILES string of the molecule is C[C@H](CO)N1C[C@H](C)[C@H](CN(C)C(=O)NC2CCCCC2)Oc2ccc(NC(=O)Nc3cccc4ccccc34)cc2CC1=O. The van der Waals surface area contributed by atoms with Crippen molar-refractivity contribution in [3.05, 3.63) is 66.2 Å². The molecule has 1 aliphatic carbocycles. The Kier molecular flexibility index (Phi) is 10.4. The number of carbonyl (C=O) groups is 3. The van der Waals surface area contributed by atoms with Crippen molar-refractivity contribution in [2.45, 2.75) is 70.6 Å². The molecule has 1 heterocycles. The van der Waals surface area contributed by atoms with E-state index in [2.05, 4.69) is 16.0 Å². The zero-order valence-corrected chi connectivity index (χ0v) is 26.4. The van der Waals surface area contributed by atoms with Gasteiger partial charge in [0.05, 0.1) is 31.3 Å². The second-order valence-corrected chi connectivity index (χ2v) is 12.5. The first kappa shape index (κ1) is 32.1. The van der Waals surface area contributed by atoms with Gasteiger partial charge in [-0.25, -0.2) is 9.59 Å². The van der Waals surface area contributed by atoms with E-state index in [0.29, 0.717) is 35.8 Å². The lowest BCUT2D eigenvalue weighted by atomic mass is 9.96. The van der Waals surface area contributed by atoms with Crippen molar-refractivity contribution in [2.24, 2.45) is 5.92 Å². The number of anilines is 2. The Hall–Kier alpha value is -4.31. The van der Waals surface area contributed by atoms with Crippen LogP contribution < -0.4 is 20.7 Å². The number of fused-ring (bicyclic) bond motifs is 2. The summed E-state index contributed by atoms with van der Waals surface area (Å²) in [6, 6.07) is 18.1. The van der Waals surface area contributed by atoms with E-state index in [0.717, 1.165) is 36.5 Å². The maximum Gasteiger partial charge on any atom is 0.323 e. The Balaban J connectivity index is 1.35. The number of likely N-dealkylation sites (N-methyl/N-ethyl adjacent to an activating group) is 1. The molecule has 0 bridgehead atoms. The van der Waals surface area contributed by atoms with Crippen LogP contribution in [0.25, 0.3) is 10.8 Å². The van der Waals surface area contributed by atoms with Crippen LogP contribution in [0.3, 0.4) is 0 Å². The van der Waals surface area contributed by atoms with Crippen LogP contribution in [0.5, 0.6) is 5.75 Å². The van der Waals surface area contributed by atoms with Crippen molar-refractivity contribution < 1.29 is 24.2 Å². The lowest BCUT2D eigenvalue weighted by Gasteiger charge is -2.34. The van der Waals surface area contributed by atoms with Crippen LogP contribution in [-0.4, -0.2) is 77.8 Å². The largest absolute Gasteiger partial charge is 0.488 e. The fourth-order valence-corrected chi connectivity index (χ4v) is 6.23. The zero-order chi connectivity index (χ0) is 31.9. The molecule has 0 aromatic heterocycles. The summed E-state index contributed by atoms with van der Waals surface area (Å²) in [4.78, 5) is 43.0. The number of nitrogens with one attached hydrogen (secondary N) is 3. The molecule has 3 aromatic rings. The Bertz CT molecular complexity index is 1500. The van der Waals surface area contributed by atoms with Crippen molar-refractivity contribution in [3.8, 4) is 5.75 Å². The molecule has 240 valence electrons. The number of hydrogen-bond acceptors (Lipinski definition) is 5. The van der Waals surface area contributed by atoms with E-state index < -0.39 is 12.1 Å². The predicted molar refractivity (Wildman–Crippen MR) is 177 cm³/mol. The molecular weight excluding hydrogens is 570 g/mol. The number of ether oxygens (including phenoxy) is 1. The second-order valence-electron chi connectivity index (χ2n) is 12.5. The number of hydrogen-bond donors (Lipinski definition) is 4. The third kappa shape index (κ3) is 8.05. The molecule has 1 saturated carbocycles. The average molecular weight is 616 g/mol. The highest BCUT2D eigenvalue weighted by atomic mass is 16.5. The molecule has 0 saturated heterocycles. The van der Waals surface area contributed by atoms with Gasteiger partial charge in [-0.1, -0.05) is 62.6 Å². The number of carbonyl (C=O) groups excluding carboxylic acids is 3. The quantitative estimate of drug-likeness (QED) is 0.275. The Morgan fingerprint density at radius 2 is 1.80 bits per heavy atom. The highest BCUT2D eigenvalue weighted by molar-refractivity contribution is 6.06. The van der Waals surface area contributed by atoms with E-state index in [1.807, 2.05) is 56.3 Å². The Morgan fingerprint density at radius 1 is 1.04 bits per heavy atom. The molecule has 0 unspecified atom stereocenters. The molecule has 5 rings (SSSR count). The second kappa shape index (κ2) is 14.6. The summed E-state index contributed by atoms with van der Waals surface area (Å²) in [5.41, 5.74) is 1.82. The van der Waals surface area contributed by atoms with Crippen LogP contribution in [0.15, 0.2) is 60.7 Å². The molecule has 10 heteroatoms. The molecule has 0 radical (unpaired) electrons. The summed E-state index contributed by atoms with van der Waals surface area (Å²) < 4.78 is 6.56. The van der Waals surface area contributed by atoms with E-state index in [-0.39, 0.29) is 43.0 Å². The van der Waals surface area contributed by atoms with Gasteiger partial charge >= 0.3 is 12.1 Å². The molecule has 3 aromatic carbocycles. The van der Waals surface area contributed by atoms with E-state index in [1.165, 1.54) is 6.42 Å². The van der Waals surface area contributed by atoms with Gasteiger partial charge in [-0.2, -0.15) is 0 Å². The summed E-state index contributed by atoms with van der Waals surface area (Å²) in [7, 11) is 1.77. The lowest BCUT2D eigenvalue weighted by molar-refractivity contribution is -0.134. The van der Waals surface area contributed by atoms with Gasteiger partial charge in [-0.3, -0.25) is 4.79 Å². The number of rotatable bonds is 7. The average Bonchev–Trinajstić information content (AvgIpc) is 3.08. The molecule has 1 aliphatic heterocycles. The van der Waals surface area contributed by atoms with Crippen LogP contribution in [0.4, 0.5) is 21.0 Å². The summed E-state index contributed by atoms with van der Waals surface area (Å²) in [5, 5.41) is 20.9. The molecule has 3 atom stereocenters. The minimum atomic E-state index is -0.418. The molecule has 10 nitrogen and oxygen atoms in total. The van der Waals surface area contributed by atoms with Crippen LogP contribution in [0, 0.1) is 5.92 Å². The highest BCUT2D eigenvalue weighted by Gasteiger charge is 2.32. The van der Waals surface area contributed by atoms with E-state index in [9.17, 15) is 19.5 Å². The molecule has 4 N–H and O–H groups in total. The molecule has 1 fully saturated rings. The van der Waals surface area contributed by atoms with E-state index in [4.69, 9.17) is 4.74 Å². The summed E-state index contributed by atoms with van der Waals surface area (Å²) in [5.74, 6) is 0.248. The zero-order valence-electron chi connectivity index (χ0n) is 26.4. The van der Waals surface area contributed by atoms with Gasteiger partial charge in [0.1, 0.15) is 11.9 Å². The first-order valence-corrected chi connectivity index (χ1v) is 16.0. The van der Waals surface area contributed by atoms with Gasteiger partial charge in [-0.15, -0.1) is 0 Å². The molecule has 2 aliphatic rings. The molecule has 45 heavy (non-hydrogen) atoms. The number of aliphatic hydroxyl groups excluding tert-OH is 1. The standard InChI is InChI=1S/C35H45N5O5/c1-23-20-40(24(2)22-41)33(42)19-26-18-28(36-34(43)38-30-15-9-11-25-10-7-8-14-29(25)30)16-17-31(26)45-32(23)21-39(3)35(44)37-27-12-5-4-6-13-27/h7-11,14-18,23-24,27,32,41H,4-6,12-13,19-22H2,1-3H3,(H,37,44)(H2,36,38,43)/t23-,24+,32-/m0/s1. The van der Waals surface area contributed by atoms with Crippen LogP contribution in [0.1, 0.15) is 51.5 Å². The van der Waals surface area contributed by atoms with Gasteiger partial charge in [0.25, 0.3) is 0 Å². The van der Waals surface area contributed by atoms with Crippen LogP contribution in [-0.2, 0) is 11.2 Å². The first-order valence-electron chi connectivity index (χ1n) is 16.0. The minimum absolute atomic E-state index is 0.0393. The van der Waals surface area contributed by atoms with E-state index >= 15 is 0 Å². The summed E-state index contributed by atoms with van der Waals surface area (Å²) in [6.07, 6.45) is 5.08. The fraction of sp³-hybridized carbons (Fsp3) is 0.457. The molecular formula is C35H45N5O5. The van der Waals surface area contributed by atoms with Crippen molar-refractivity contribution in [2.75, 3.05) is 37.4 Å². The van der Waals surface area contributed by atoms with Gasteiger partial charge in [0.15, 0.2) is 0 Å². The summed E-state index contributed by atoms with van der Waals surface area (Å²) in [6.45, 7) is 4.34. The maximum absolute atomic E-state index is 13.6. The summed E-state index contributed by atoms with van der Waals surface area (Å²) >= 11 is 0. The van der Waals surface area contributed by atoms with Gasteiger partial charge in [0, 0.05) is 42.2 Å². The topological polar surface area (TPSA) is 123 Å². The Labute approximate surface area is 265 Å². The monoisotopic (exact) mass is 615 g/mol. The van der Waals surface area contributed by atoms with Crippen molar-refractivity contribution in [1.82, 2.24) is 15.1 Å². The fourth-order valence-electron chi connectivity index (χ4n) is 6.23. The van der Waals surface area contributed by atoms with E-state index in [1.54, 1.807) is 35.0 Å². The minimum Gasteiger partial charge on any atom is -0.488 e.